The molecule has 1 aliphatic rings. The van der Waals surface area contributed by atoms with E-state index in [0.29, 0.717) is 18.9 Å². The number of hydrogen-bond donors (Lipinski definition) is 2. The zero-order valence-corrected chi connectivity index (χ0v) is 15.0. The van der Waals surface area contributed by atoms with Crippen molar-refractivity contribution in [1.82, 2.24) is 4.90 Å². The lowest BCUT2D eigenvalue weighted by Gasteiger charge is -2.31. The fourth-order valence-corrected chi connectivity index (χ4v) is 3.10. The van der Waals surface area contributed by atoms with Crippen molar-refractivity contribution >= 4 is 23.2 Å². The Morgan fingerprint density at radius 2 is 2.04 bits per heavy atom. The van der Waals surface area contributed by atoms with Crippen LogP contribution in [0, 0.1) is 12.8 Å². The molecule has 0 bridgehead atoms. The minimum atomic E-state index is 0.0242. The molecule has 1 atom stereocenters. The Bertz CT molecular complexity index is 586. The molecule has 5 heteroatoms. The Balaban J connectivity index is 1.94. The third kappa shape index (κ3) is 4.98. The van der Waals surface area contributed by atoms with Crippen LogP contribution in [0.1, 0.15) is 45.1 Å². The number of rotatable bonds is 6. The highest BCUT2D eigenvalue weighted by atomic mass is 16.2. The molecule has 24 heavy (non-hydrogen) atoms. The number of nitrogens with one attached hydrogen (secondary N) is 2. The average Bonchev–Trinajstić information content (AvgIpc) is 2.55. The van der Waals surface area contributed by atoms with Crippen molar-refractivity contribution in [2.75, 3.05) is 30.3 Å². The third-order valence-corrected chi connectivity index (χ3v) is 4.52. The van der Waals surface area contributed by atoms with E-state index in [2.05, 4.69) is 17.6 Å². The molecule has 1 aromatic rings. The second-order valence-corrected chi connectivity index (χ2v) is 6.72. The molecule has 5 nitrogen and oxygen atoms in total. The highest BCUT2D eigenvalue weighted by molar-refractivity contribution is 5.92. The van der Waals surface area contributed by atoms with Gasteiger partial charge in [-0.2, -0.15) is 0 Å². The predicted octanol–water partition coefficient (Wildman–Crippen LogP) is 3.40. The first-order chi connectivity index (χ1) is 11.5. The van der Waals surface area contributed by atoms with Gasteiger partial charge in [-0.25, -0.2) is 0 Å². The Morgan fingerprint density at radius 1 is 1.29 bits per heavy atom. The van der Waals surface area contributed by atoms with Crippen LogP contribution in [-0.4, -0.2) is 36.3 Å². The van der Waals surface area contributed by atoms with Crippen LogP contribution in [0.25, 0.3) is 0 Å². The van der Waals surface area contributed by atoms with E-state index in [0.717, 1.165) is 42.9 Å². The van der Waals surface area contributed by atoms with Crippen molar-refractivity contribution in [3.63, 3.8) is 0 Å². The van der Waals surface area contributed by atoms with Gasteiger partial charge in [0.15, 0.2) is 0 Å². The molecule has 132 valence electrons. The van der Waals surface area contributed by atoms with Gasteiger partial charge >= 0.3 is 0 Å². The van der Waals surface area contributed by atoms with E-state index in [1.54, 1.807) is 0 Å². The van der Waals surface area contributed by atoms with Crippen molar-refractivity contribution in [2.45, 2.75) is 46.5 Å². The van der Waals surface area contributed by atoms with E-state index in [9.17, 15) is 9.59 Å². The lowest BCUT2D eigenvalue weighted by atomic mass is 10.0. The predicted molar refractivity (Wildman–Crippen MR) is 98.2 cm³/mol. The summed E-state index contributed by atoms with van der Waals surface area (Å²) in [7, 11) is 0. The SMILES string of the molecule is CCCC(=O)Nc1cccc(NCC(=O)N2CCC[C@@H](C)C2)c1C. The number of benzene rings is 1. The molecule has 0 spiro atoms. The molecule has 1 saturated heterocycles. The van der Waals surface area contributed by atoms with Crippen LogP contribution in [0.2, 0.25) is 0 Å². The Morgan fingerprint density at radius 3 is 2.75 bits per heavy atom. The van der Waals surface area contributed by atoms with Gasteiger partial charge in [0.05, 0.1) is 6.54 Å². The van der Waals surface area contributed by atoms with Gasteiger partial charge in [-0.05, 0) is 49.8 Å². The first-order valence-electron chi connectivity index (χ1n) is 8.92. The first kappa shape index (κ1) is 18.3. The largest absolute Gasteiger partial charge is 0.376 e. The molecule has 0 aliphatic carbocycles. The number of likely N-dealkylation sites (tertiary alicyclic amines) is 1. The van der Waals surface area contributed by atoms with E-state index < -0.39 is 0 Å². The number of anilines is 2. The van der Waals surface area contributed by atoms with Crippen LogP contribution in [0.4, 0.5) is 11.4 Å². The molecule has 0 aromatic heterocycles. The summed E-state index contributed by atoms with van der Waals surface area (Å²) in [5, 5.41) is 6.16. The zero-order valence-electron chi connectivity index (χ0n) is 15.0. The van der Waals surface area contributed by atoms with E-state index in [1.807, 2.05) is 36.9 Å². The van der Waals surface area contributed by atoms with Crippen molar-refractivity contribution in [1.29, 1.82) is 0 Å². The lowest BCUT2D eigenvalue weighted by molar-refractivity contribution is -0.131. The van der Waals surface area contributed by atoms with Crippen LogP contribution in [-0.2, 0) is 9.59 Å². The Kier molecular flexibility index (Phi) is 6.64. The standard InChI is InChI=1S/C19H29N3O2/c1-4-7-18(23)21-17-10-5-9-16(15(17)3)20-12-19(24)22-11-6-8-14(2)13-22/h5,9-10,14,20H,4,6-8,11-13H2,1-3H3,(H,21,23)/t14-/m1/s1. The quantitative estimate of drug-likeness (QED) is 0.840. The molecular weight excluding hydrogens is 302 g/mol. The van der Waals surface area contributed by atoms with Gasteiger partial charge in [-0.3, -0.25) is 9.59 Å². The van der Waals surface area contributed by atoms with E-state index in [1.165, 1.54) is 6.42 Å². The molecule has 1 heterocycles. The second-order valence-electron chi connectivity index (χ2n) is 6.72. The average molecular weight is 331 g/mol. The molecule has 2 rings (SSSR count). The van der Waals surface area contributed by atoms with Gasteiger partial charge in [-0.1, -0.05) is 19.9 Å². The van der Waals surface area contributed by atoms with Crippen LogP contribution in [0.15, 0.2) is 18.2 Å². The van der Waals surface area contributed by atoms with E-state index >= 15 is 0 Å². The van der Waals surface area contributed by atoms with Crippen molar-refractivity contribution in [2.24, 2.45) is 5.92 Å². The summed E-state index contributed by atoms with van der Waals surface area (Å²) in [6.07, 6.45) is 3.63. The van der Waals surface area contributed by atoms with Crippen LogP contribution in [0.5, 0.6) is 0 Å². The van der Waals surface area contributed by atoms with Gasteiger partial charge < -0.3 is 15.5 Å². The molecule has 1 aromatic carbocycles. The summed E-state index contributed by atoms with van der Waals surface area (Å²) in [5.74, 6) is 0.749. The molecule has 1 fully saturated rings. The number of hydrogen-bond acceptors (Lipinski definition) is 3. The lowest BCUT2D eigenvalue weighted by Crippen LogP contribution is -2.42. The molecule has 1 aliphatic heterocycles. The number of carbonyl (C=O) groups is 2. The number of piperidine rings is 1. The molecular formula is C19H29N3O2. The fraction of sp³-hybridized carbons (Fsp3) is 0.579. The van der Waals surface area contributed by atoms with Gasteiger partial charge in [0, 0.05) is 30.9 Å². The maximum Gasteiger partial charge on any atom is 0.241 e. The number of amides is 2. The normalized spacial score (nSPS) is 17.5. The van der Waals surface area contributed by atoms with Crippen molar-refractivity contribution < 1.29 is 9.59 Å². The molecule has 0 saturated carbocycles. The fourth-order valence-electron chi connectivity index (χ4n) is 3.10. The molecule has 0 unspecified atom stereocenters. The molecule has 2 N–H and O–H groups in total. The van der Waals surface area contributed by atoms with Gasteiger partial charge in [-0.15, -0.1) is 0 Å². The minimum absolute atomic E-state index is 0.0242. The number of nitrogens with zero attached hydrogens (tertiary/aromatic N) is 1. The highest BCUT2D eigenvalue weighted by Crippen LogP contribution is 2.23. The van der Waals surface area contributed by atoms with Crippen LogP contribution < -0.4 is 10.6 Å². The summed E-state index contributed by atoms with van der Waals surface area (Å²) in [4.78, 5) is 26.1. The summed E-state index contributed by atoms with van der Waals surface area (Å²) in [5.41, 5.74) is 2.65. The monoisotopic (exact) mass is 331 g/mol. The summed E-state index contributed by atoms with van der Waals surface area (Å²) in [6, 6.07) is 5.73. The Hall–Kier alpha value is -2.04. The van der Waals surface area contributed by atoms with Gasteiger partial charge in [0.25, 0.3) is 0 Å². The number of carbonyl (C=O) groups excluding carboxylic acids is 2. The smallest absolute Gasteiger partial charge is 0.241 e. The summed E-state index contributed by atoms with van der Waals surface area (Å²) >= 11 is 0. The van der Waals surface area contributed by atoms with Crippen LogP contribution >= 0.6 is 0 Å². The third-order valence-electron chi connectivity index (χ3n) is 4.52. The summed E-state index contributed by atoms with van der Waals surface area (Å²) < 4.78 is 0. The van der Waals surface area contributed by atoms with Crippen LogP contribution in [0.3, 0.4) is 0 Å². The second kappa shape index (κ2) is 8.71. The maximum absolute atomic E-state index is 12.4. The minimum Gasteiger partial charge on any atom is -0.376 e. The van der Waals surface area contributed by atoms with Gasteiger partial charge in [0.1, 0.15) is 0 Å². The van der Waals surface area contributed by atoms with Crippen molar-refractivity contribution in [3.8, 4) is 0 Å². The zero-order chi connectivity index (χ0) is 17.5. The molecule has 0 radical (unpaired) electrons. The summed E-state index contributed by atoms with van der Waals surface area (Å²) in [6.45, 7) is 8.14. The molecule has 2 amide bonds. The van der Waals surface area contributed by atoms with E-state index in [-0.39, 0.29) is 11.8 Å². The Labute approximate surface area is 144 Å². The maximum atomic E-state index is 12.4. The topological polar surface area (TPSA) is 61.4 Å². The van der Waals surface area contributed by atoms with E-state index in [4.69, 9.17) is 0 Å². The highest BCUT2D eigenvalue weighted by Gasteiger charge is 2.20. The van der Waals surface area contributed by atoms with Crippen molar-refractivity contribution in [3.05, 3.63) is 23.8 Å². The van der Waals surface area contributed by atoms with Gasteiger partial charge in [0.2, 0.25) is 11.8 Å². The first-order valence-corrected chi connectivity index (χ1v) is 8.92.